The van der Waals surface area contributed by atoms with Gasteiger partial charge in [0, 0.05) is 20.1 Å². The maximum Gasteiger partial charge on any atom is 0.280 e. The van der Waals surface area contributed by atoms with Gasteiger partial charge in [0.05, 0.1) is 39.6 Å². The van der Waals surface area contributed by atoms with E-state index in [9.17, 15) is 0 Å². The average molecular weight is 336 g/mol. The molecule has 23 heavy (non-hydrogen) atoms. The molecule has 0 rings (SSSR count). The molecule has 0 amide bonds. The number of rotatable bonds is 18. The first kappa shape index (κ1) is 22.7. The monoisotopic (exact) mass is 336 g/mol. The zero-order chi connectivity index (χ0) is 17.2. The summed E-state index contributed by atoms with van der Waals surface area (Å²) in [6.45, 7) is 8.65. The fourth-order valence-corrected chi connectivity index (χ4v) is 1.81. The average Bonchev–Trinajstić information content (AvgIpc) is 2.54. The van der Waals surface area contributed by atoms with Crippen LogP contribution in [0.2, 0.25) is 0 Å². The van der Waals surface area contributed by atoms with E-state index in [0.717, 1.165) is 32.3 Å². The summed E-state index contributed by atoms with van der Waals surface area (Å²) < 4.78 is 27.9. The van der Waals surface area contributed by atoms with Crippen LogP contribution < -0.4 is 11.5 Å². The van der Waals surface area contributed by atoms with Gasteiger partial charge in [0.15, 0.2) is 0 Å². The van der Waals surface area contributed by atoms with Crippen molar-refractivity contribution in [2.24, 2.45) is 11.5 Å². The molecule has 0 fully saturated rings. The molecular formula is C16H36N2O5. The molecular weight excluding hydrogens is 300 g/mol. The predicted molar refractivity (Wildman–Crippen MR) is 90.1 cm³/mol. The Labute approximate surface area is 140 Å². The van der Waals surface area contributed by atoms with Gasteiger partial charge in [-0.15, -0.1) is 0 Å². The van der Waals surface area contributed by atoms with Crippen LogP contribution in [0, 0.1) is 0 Å². The van der Waals surface area contributed by atoms with Crippen molar-refractivity contribution in [2.75, 3.05) is 59.3 Å². The molecule has 0 saturated carbocycles. The Morgan fingerprint density at radius 1 is 0.652 bits per heavy atom. The van der Waals surface area contributed by atoms with E-state index in [1.807, 2.05) is 0 Å². The largest absolute Gasteiger partial charge is 0.379 e. The maximum absolute atomic E-state index is 5.77. The van der Waals surface area contributed by atoms with Gasteiger partial charge >= 0.3 is 0 Å². The van der Waals surface area contributed by atoms with Crippen molar-refractivity contribution < 1.29 is 23.7 Å². The van der Waals surface area contributed by atoms with E-state index in [4.69, 9.17) is 35.2 Å². The lowest BCUT2D eigenvalue weighted by molar-refractivity contribution is -0.373. The molecule has 0 aromatic heterocycles. The van der Waals surface area contributed by atoms with Gasteiger partial charge in [0.25, 0.3) is 5.97 Å². The minimum Gasteiger partial charge on any atom is -0.379 e. The van der Waals surface area contributed by atoms with Gasteiger partial charge in [-0.05, 0) is 32.2 Å². The second-order valence-corrected chi connectivity index (χ2v) is 5.27. The molecule has 0 aliphatic rings. The number of nitrogens with two attached hydrogens (primary N) is 2. The van der Waals surface area contributed by atoms with Gasteiger partial charge in [-0.1, -0.05) is 6.92 Å². The van der Waals surface area contributed by atoms with Gasteiger partial charge < -0.3 is 35.2 Å². The van der Waals surface area contributed by atoms with Crippen molar-refractivity contribution in [2.45, 2.75) is 45.5 Å². The SMILES string of the molecule is CCCOCCOC(C)(OCCCCCN)OCCOCCN. The normalized spacial score (nSPS) is 14.1. The van der Waals surface area contributed by atoms with Crippen LogP contribution in [0.3, 0.4) is 0 Å². The van der Waals surface area contributed by atoms with Crippen LogP contribution in [-0.2, 0) is 23.7 Å². The molecule has 4 N–H and O–H groups in total. The Kier molecular flexibility index (Phi) is 16.4. The van der Waals surface area contributed by atoms with Crippen molar-refractivity contribution in [1.82, 2.24) is 0 Å². The second kappa shape index (κ2) is 16.6. The van der Waals surface area contributed by atoms with E-state index in [-0.39, 0.29) is 0 Å². The predicted octanol–water partition coefficient (Wildman–Crippen LogP) is 1.24. The quantitative estimate of drug-likeness (QED) is 0.287. The summed E-state index contributed by atoms with van der Waals surface area (Å²) in [5, 5.41) is 0. The van der Waals surface area contributed by atoms with E-state index in [1.165, 1.54) is 0 Å². The molecule has 0 heterocycles. The highest BCUT2D eigenvalue weighted by Crippen LogP contribution is 2.15. The molecule has 0 bridgehead atoms. The van der Waals surface area contributed by atoms with Crippen molar-refractivity contribution in [3.63, 3.8) is 0 Å². The molecule has 0 aliphatic carbocycles. The smallest absolute Gasteiger partial charge is 0.280 e. The highest BCUT2D eigenvalue weighted by atomic mass is 16.9. The van der Waals surface area contributed by atoms with Crippen LogP contribution in [0.1, 0.15) is 39.5 Å². The summed E-state index contributed by atoms with van der Waals surface area (Å²) in [7, 11) is 0. The van der Waals surface area contributed by atoms with Crippen LogP contribution in [0.25, 0.3) is 0 Å². The summed E-state index contributed by atoms with van der Waals surface area (Å²) >= 11 is 0. The first-order valence-corrected chi connectivity index (χ1v) is 8.66. The van der Waals surface area contributed by atoms with Crippen molar-refractivity contribution in [1.29, 1.82) is 0 Å². The summed E-state index contributed by atoms with van der Waals surface area (Å²) in [6.07, 6.45) is 3.95. The zero-order valence-electron chi connectivity index (χ0n) is 14.9. The van der Waals surface area contributed by atoms with Crippen LogP contribution in [0.5, 0.6) is 0 Å². The minimum atomic E-state index is -1.08. The van der Waals surface area contributed by atoms with Gasteiger partial charge in [-0.2, -0.15) is 0 Å². The lowest BCUT2D eigenvalue weighted by Gasteiger charge is -2.29. The summed E-state index contributed by atoms with van der Waals surface area (Å²) in [4.78, 5) is 0. The van der Waals surface area contributed by atoms with Crippen LogP contribution in [-0.4, -0.2) is 65.3 Å². The first-order valence-electron chi connectivity index (χ1n) is 8.66. The fraction of sp³-hybridized carbons (Fsp3) is 1.00. The van der Waals surface area contributed by atoms with E-state index < -0.39 is 5.97 Å². The number of ether oxygens (including phenoxy) is 5. The number of hydrogen-bond donors (Lipinski definition) is 2. The Balaban J connectivity index is 4.00. The molecule has 0 spiro atoms. The van der Waals surface area contributed by atoms with E-state index in [2.05, 4.69) is 6.92 Å². The lowest BCUT2D eigenvalue weighted by Crippen LogP contribution is -2.38. The van der Waals surface area contributed by atoms with Gasteiger partial charge in [0.2, 0.25) is 0 Å². The topological polar surface area (TPSA) is 98.2 Å². The Morgan fingerprint density at radius 2 is 1.26 bits per heavy atom. The Bertz CT molecular complexity index is 208. The van der Waals surface area contributed by atoms with Crippen LogP contribution in [0.15, 0.2) is 0 Å². The molecule has 7 heteroatoms. The summed E-state index contributed by atoms with van der Waals surface area (Å²) in [6, 6.07) is 0. The third kappa shape index (κ3) is 15.0. The Hall–Kier alpha value is -0.280. The molecule has 140 valence electrons. The van der Waals surface area contributed by atoms with Crippen molar-refractivity contribution in [3.05, 3.63) is 0 Å². The Morgan fingerprint density at radius 3 is 1.83 bits per heavy atom. The summed E-state index contributed by atoms with van der Waals surface area (Å²) in [5.41, 5.74) is 10.9. The highest BCUT2D eigenvalue weighted by Gasteiger charge is 2.27. The molecule has 0 radical (unpaired) electrons. The van der Waals surface area contributed by atoms with Gasteiger partial charge in [-0.25, -0.2) is 0 Å². The van der Waals surface area contributed by atoms with Crippen molar-refractivity contribution in [3.8, 4) is 0 Å². The molecule has 1 atom stereocenters. The summed E-state index contributed by atoms with van der Waals surface area (Å²) in [5.74, 6) is -1.08. The minimum absolute atomic E-state index is 0.384. The molecule has 0 aliphatic heterocycles. The molecule has 0 aromatic carbocycles. The third-order valence-corrected chi connectivity index (χ3v) is 3.01. The number of unbranched alkanes of at least 4 members (excludes halogenated alkanes) is 2. The van der Waals surface area contributed by atoms with E-state index in [1.54, 1.807) is 6.92 Å². The zero-order valence-corrected chi connectivity index (χ0v) is 14.9. The van der Waals surface area contributed by atoms with Gasteiger partial charge in [0.1, 0.15) is 0 Å². The maximum atomic E-state index is 5.77. The first-order chi connectivity index (χ1) is 11.2. The molecule has 0 saturated heterocycles. The van der Waals surface area contributed by atoms with Crippen molar-refractivity contribution >= 4 is 0 Å². The standard InChI is InChI=1S/C16H36N2O5/c1-3-9-19-12-14-22-16(2,21-10-6-4-5-7-17)23-15-13-20-11-8-18/h3-15,17-18H2,1-2H3. The van der Waals surface area contributed by atoms with E-state index >= 15 is 0 Å². The van der Waals surface area contributed by atoms with Gasteiger partial charge in [-0.3, -0.25) is 0 Å². The molecule has 7 nitrogen and oxygen atoms in total. The highest BCUT2D eigenvalue weighted by molar-refractivity contribution is 4.51. The van der Waals surface area contributed by atoms with Crippen LogP contribution in [0.4, 0.5) is 0 Å². The van der Waals surface area contributed by atoms with E-state index in [0.29, 0.717) is 52.7 Å². The lowest BCUT2D eigenvalue weighted by atomic mass is 10.2. The third-order valence-electron chi connectivity index (χ3n) is 3.01. The molecule has 1 unspecified atom stereocenters. The molecule has 0 aromatic rings. The fourth-order valence-electron chi connectivity index (χ4n) is 1.81. The second-order valence-electron chi connectivity index (χ2n) is 5.27. The number of hydrogen-bond acceptors (Lipinski definition) is 7. The van der Waals surface area contributed by atoms with Crippen LogP contribution >= 0.6 is 0 Å².